The van der Waals surface area contributed by atoms with Crippen molar-refractivity contribution < 1.29 is 14.8 Å². The number of hydrogen-bond donors (Lipinski definition) is 2. The lowest BCUT2D eigenvalue weighted by Gasteiger charge is -2.05. The van der Waals surface area contributed by atoms with Crippen LogP contribution in [0.5, 0.6) is 0 Å². The number of benzene rings is 1. The van der Waals surface area contributed by atoms with Crippen molar-refractivity contribution in [3.63, 3.8) is 0 Å². The molecule has 0 spiro atoms. The fourth-order valence-electron chi connectivity index (χ4n) is 2.17. The molecule has 122 valence electrons. The number of carbonyl (C=O) groups is 1. The van der Waals surface area contributed by atoms with E-state index < -0.39 is 10.9 Å². The lowest BCUT2D eigenvalue weighted by molar-refractivity contribution is -0.384. The van der Waals surface area contributed by atoms with Gasteiger partial charge < -0.3 is 5.11 Å². The van der Waals surface area contributed by atoms with Crippen LogP contribution in [-0.2, 0) is 4.79 Å². The molecule has 1 aliphatic heterocycles. The summed E-state index contributed by atoms with van der Waals surface area (Å²) in [4.78, 5) is 21.3. The number of non-ortho nitro benzene ring substituents is 1. The van der Waals surface area contributed by atoms with Crippen molar-refractivity contribution in [1.82, 2.24) is 10.2 Å². The molecule has 1 aliphatic rings. The molecular weight excluding hydrogens is 334 g/mol. The fraction of sp³-hybridized carbons (Fsp3) is 0.143. The summed E-state index contributed by atoms with van der Waals surface area (Å²) >= 11 is 1.09. The van der Waals surface area contributed by atoms with Gasteiger partial charge in [-0.25, -0.2) is 0 Å². The maximum atomic E-state index is 11.2. The highest BCUT2D eigenvalue weighted by molar-refractivity contribution is 8.14. The Labute approximate surface area is 139 Å². The molecule has 10 heteroatoms. The molecule has 0 fully saturated rings. The van der Waals surface area contributed by atoms with Crippen LogP contribution < -0.4 is 0 Å². The maximum absolute atomic E-state index is 11.2. The van der Waals surface area contributed by atoms with E-state index >= 15 is 0 Å². The SMILES string of the molecule is O=C(O)CSC1=NN=C(c2cc(-c3ccn[nH]3)cc([N+](=O)[O-])c2)C1. The van der Waals surface area contributed by atoms with E-state index in [4.69, 9.17) is 5.11 Å². The summed E-state index contributed by atoms with van der Waals surface area (Å²) in [5, 5.41) is 35.0. The molecule has 0 aliphatic carbocycles. The third kappa shape index (κ3) is 3.49. The van der Waals surface area contributed by atoms with Gasteiger partial charge >= 0.3 is 5.97 Å². The molecule has 2 N–H and O–H groups in total. The Morgan fingerprint density at radius 2 is 2.12 bits per heavy atom. The van der Waals surface area contributed by atoms with Crippen LogP contribution in [-0.4, -0.2) is 42.7 Å². The highest BCUT2D eigenvalue weighted by atomic mass is 32.2. The van der Waals surface area contributed by atoms with E-state index in [2.05, 4.69) is 20.4 Å². The number of aliphatic carboxylic acids is 1. The molecule has 0 atom stereocenters. The van der Waals surface area contributed by atoms with E-state index in [1.807, 2.05) is 0 Å². The van der Waals surface area contributed by atoms with Crippen molar-refractivity contribution in [1.29, 1.82) is 0 Å². The van der Waals surface area contributed by atoms with Crippen molar-refractivity contribution in [3.05, 3.63) is 46.1 Å². The van der Waals surface area contributed by atoms with E-state index in [0.29, 0.717) is 34.0 Å². The molecule has 9 nitrogen and oxygen atoms in total. The summed E-state index contributed by atoms with van der Waals surface area (Å²) in [6.45, 7) is 0. The van der Waals surface area contributed by atoms with Crippen LogP contribution in [0, 0.1) is 10.1 Å². The van der Waals surface area contributed by atoms with Crippen LogP contribution in [0.4, 0.5) is 5.69 Å². The molecule has 1 aromatic carbocycles. The standard InChI is InChI=1S/C14H11N5O4S/c20-14(21)7-24-13-6-12(17-18-13)9-3-8(11-1-2-15-16-11)4-10(5-9)19(22)23/h1-5H,6-7H2,(H,15,16)(H,20,21). The number of carboxylic acid groups (broad SMARTS) is 1. The number of nitrogens with one attached hydrogen (secondary N) is 1. The molecule has 0 unspecified atom stereocenters. The summed E-state index contributed by atoms with van der Waals surface area (Å²) in [7, 11) is 0. The lowest BCUT2D eigenvalue weighted by atomic mass is 10.0. The lowest BCUT2D eigenvalue weighted by Crippen LogP contribution is -2.06. The van der Waals surface area contributed by atoms with Crippen molar-refractivity contribution >= 4 is 34.2 Å². The van der Waals surface area contributed by atoms with Gasteiger partial charge in [-0.1, -0.05) is 11.8 Å². The Hall–Kier alpha value is -3.01. The molecular formula is C14H11N5O4S. The first-order valence-electron chi connectivity index (χ1n) is 6.80. The van der Waals surface area contributed by atoms with E-state index in [9.17, 15) is 14.9 Å². The third-order valence-corrected chi connectivity index (χ3v) is 4.19. The topological polar surface area (TPSA) is 134 Å². The fourth-order valence-corrected chi connectivity index (χ4v) is 2.80. The molecule has 2 heterocycles. The first-order valence-corrected chi connectivity index (χ1v) is 7.79. The van der Waals surface area contributed by atoms with Gasteiger partial charge in [0.1, 0.15) is 5.04 Å². The number of aromatic amines is 1. The number of nitro groups is 1. The predicted octanol–water partition coefficient (Wildman–Crippen LogP) is 2.31. The molecule has 3 rings (SSSR count). The number of thioether (sulfide) groups is 1. The van der Waals surface area contributed by atoms with Crippen LogP contribution in [0.1, 0.15) is 12.0 Å². The molecule has 0 saturated carbocycles. The number of rotatable bonds is 5. The van der Waals surface area contributed by atoms with Crippen LogP contribution in [0.2, 0.25) is 0 Å². The summed E-state index contributed by atoms with van der Waals surface area (Å²) in [5.41, 5.74) is 2.34. The van der Waals surface area contributed by atoms with Gasteiger partial charge in [-0.15, -0.1) is 5.10 Å². The second-order valence-corrected chi connectivity index (χ2v) is 5.94. The minimum Gasteiger partial charge on any atom is -0.481 e. The zero-order chi connectivity index (χ0) is 17.1. The van der Waals surface area contributed by atoms with Crippen molar-refractivity contribution in [2.45, 2.75) is 6.42 Å². The third-order valence-electron chi connectivity index (χ3n) is 3.24. The molecule has 0 radical (unpaired) electrons. The first kappa shape index (κ1) is 15.9. The van der Waals surface area contributed by atoms with Gasteiger partial charge in [0.25, 0.3) is 5.69 Å². The summed E-state index contributed by atoms with van der Waals surface area (Å²) in [5.74, 6) is -1.04. The van der Waals surface area contributed by atoms with Crippen molar-refractivity contribution in [2.75, 3.05) is 5.75 Å². The van der Waals surface area contributed by atoms with Crippen LogP contribution in [0.15, 0.2) is 40.7 Å². The van der Waals surface area contributed by atoms with Crippen LogP contribution in [0.3, 0.4) is 0 Å². The zero-order valence-corrected chi connectivity index (χ0v) is 13.0. The van der Waals surface area contributed by atoms with Crippen molar-refractivity contribution in [2.24, 2.45) is 10.2 Å². The Bertz CT molecular complexity index is 860. The quantitative estimate of drug-likeness (QED) is 0.631. The molecule has 2 aromatic rings. The molecule has 0 amide bonds. The summed E-state index contributed by atoms with van der Waals surface area (Å²) in [6.07, 6.45) is 1.91. The number of H-pyrrole nitrogens is 1. The van der Waals surface area contributed by atoms with Crippen LogP contribution >= 0.6 is 11.8 Å². The number of nitro benzene ring substituents is 1. The molecule has 0 saturated heterocycles. The number of aromatic nitrogens is 2. The van der Waals surface area contributed by atoms with Gasteiger partial charge in [-0.05, 0) is 12.1 Å². The zero-order valence-electron chi connectivity index (χ0n) is 12.2. The number of nitrogens with zero attached hydrogens (tertiary/aromatic N) is 4. The molecule has 1 aromatic heterocycles. The van der Waals surface area contributed by atoms with Gasteiger partial charge in [-0.3, -0.25) is 20.0 Å². The van der Waals surface area contributed by atoms with E-state index in [0.717, 1.165) is 11.8 Å². The average Bonchev–Trinajstić information content (AvgIpc) is 3.24. The van der Waals surface area contributed by atoms with Gasteiger partial charge in [0, 0.05) is 35.9 Å². The highest BCUT2D eigenvalue weighted by Gasteiger charge is 2.20. The van der Waals surface area contributed by atoms with Gasteiger partial charge in [0.05, 0.1) is 22.1 Å². The number of carboxylic acids is 1. The normalized spacial score (nSPS) is 13.5. The summed E-state index contributed by atoms with van der Waals surface area (Å²) in [6, 6.07) is 6.36. The molecule has 24 heavy (non-hydrogen) atoms. The Morgan fingerprint density at radius 1 is 1.33 bits per heavy atom. The van der Waals surface area contributed by atoms with Gasteiger partial charge in [-0.2, -0.15) is 10.2 Å². The largest absolute Gasteiger partial charge is 0.481 e. The van der Waals surface area contributed by atoms with Crippen LogP contribution in [0.25, 0.3) is 11.3 Å². The Kier molecular flexibility index (Phi) is 4.38. The van der Waals surface area contributed by atoms with Crippen molar-refractivity contribution in [3.8, 4) is 11.3 Å². The summed E-state index contributed by atoms with van der Waals surface area (Å²) < 4.78 is 0. The Morgan fingerprint density at radius 3 is 2.79 bits per heavy atom. The smallest absolute Gasteiger partial charge is 0.313 e. The van der Waals surface area contributed by atoms with E-state index in [1.165, 1.54) is 12.1 Å². The van der Waals surface area contributed by atoms with Gasteiger partial charge in [0.15, 0.2) is 0 Å². The van der Waals surface area contributed by atoms with Gasteiger partial charge in [0.2, 0.25) is 0 Å². The highest BCUT2D eigenvalue weighted by Crippen LogP contribution is 2.27. The van der Waals surface area contributed by atoms with E-state index in [-0.39, 0.29) is 11.4 Å². The first-order chi connectivity index (χ1) is 11.5. The molecule has 0 bridgehead atoms. The predicted molar refractivity (Wildman–Crippen MR) is 89.4 cm³/mol. The second kappa shape index (κ2) is 6.62. The maximum Gasteiger partial charge on any atom is 0.313 e. The number of hydrogen-bond acceptors (Lipinski definition) is 7. The van der Waals surface area contributed by atoms with E-state index in [1.54, 1.807) is 18.3 Å². The monoisotopic (exact) mass is 345 g/mol. The minimum absolute atomic E-state index is 0.0635. The Balaban J connectivity index is 1.86. The second-order valence-electron chi connectivity index (χ2n) is 4.90. The average molecular weight is 345 g/mol. The minimum atomic E-state index is -0.937.